The molecule has 1 saturated heterocycles. The van der Waals surface area contributed by atoms with Gasteiger partial charge in [-0.25, -0.2) is 9.78 Å². The van der Waals surface area contributed by atoms with Crippen molar-refractivity contribution in [2.45, 2.75) is 26.4 Å². The number of hydrogen-bond donors (Lipinski definition) is 1. The molecular weight excluding hydrogens is 280 g/mol. The molecule has 1 aliphatic rings. The quantitative estimate of drug-likeness (QED) is 0.847. The molecule has 1 aromatic rings. The zero-order valence-corrected chi connectivity index (χ0v) is 12.4. The molecule has 2 atom stereocenters. The van der Waals surface area contributed by atoms with Crippen molar-refractivity contribution in [1.82, 2.24) is 9.88 Å². The maximum Gasteiger partial charge on any atom is 0.367 e. The molecule has 20 heavy (non-hydrogen) atoms. The van der Waals surface area contributed by atoms with Crippen molar-refractivity contribution in [3.05, 3.63) is 16.1 Å². The van der Waals surface area contributed by atoms with E-state index in [-0.39, 0.29) is 29.1 Å². The Morgan fingerprint density at radius 2 is 2.35 bits per heavy atom. The number of piperidine rings is 1. The largest absolute Gasteiger partial charge is 0.461 e. The molecule has 0 bridgehead atoms. The summed E-state index contributed by atoms with van der Waals surface area (Å²) < 4.78 is 4.84. The van der Waals surface area contributed by atoms with E-state index >= 15 is 0 Å². The van der Waals surface area contributed by atoms with Crippen LogP contribution in [0.15, 0.2) is 5.38 Å². The number of aromatic nitrogens is 1. The van der Waals surface area contributed by atoms with E-state index in [1.807, 2.05) is 6.92 Å². The van der Waals surface area contributed by atoms with E-state index in [2.05, 4.69) is 4.98 Å². The number of amides is 1. The Morgan fingerprint density at radius 1 is 1.60 bits per heavy atom. The number of likely N-dealkylation sites (tertiary alicyclic amines) is 1. The predicted octanol–water partition coefficient (Wildman–Crippen LogP) is 1.16. The van der Waals surface area contributed by atoms with Gasteiger partial charge in [0.05, 0.1) is 12.7 Å². The Labute approximate surface area is 121 Å². The fraction of sp³-hybridized carbons (Fsp3) is 0.615. The molecule has 0 saturated carbocycles. The Bertz CT molecular complexity index is 502. The third kappa shape index (κ3) is 3.16. The van der Waals surface area contributed by atoms with E-state index in [9.17, 15) is 14.7 Å². The molecule has 0 radical (unpaired) electrons. The van der Waals surface area contributed by atoms with Crippen LogP contribution in [-0.2, 0) is 4.74 Å². The minimum absolute atomic E-state index is 0.182. The molecule has 1 aliphatic heterocycles. The van der Waals surface area contributed by atoms with Gasteiger partial charge in [0.2, 0.25) is 5.01 Å². The lowest BCUT2D eigenvalue weighted by Crippen LogP contribution is -2.45. The van der Waals surface area contributed by atoms with E-state index in [0.29, 0.717) is 13.1 Å². The first kappa shape index (κ1) is 14.9. The number of esters is 1. The lowest BCUT2D eigenvalue weighted by Gasteiger charge is -2.33. The third-order valence-corrected chi connectivity index (χ3v) is 4.20. The maximum absolute atomic E-state index is 12.3. The van der Waals surface area contributed by atoms with Gasteiger partial charge in [-0.05, 0) is 19.3 Å². The van der Waals surface area contributed by atoms with Crippen LogP contribution in [0.25, 0.3) is 0 Å². The second-order valence-electron chi connectivity index (χ2n) is 4.84. The number of carbonyl (C=O) groups excluding carboxylic acids is 2. The summed E-state index contributed by atoms with van der Waals surface area (Å²) in [6.07, 6.45) is 0.262. The van der Waals surface area contributed by atoms with E-state index < -0.39 is 12.1 Å². The van der Waals surface area contributed by atoms with Gasteiger partial charge in [-0.2, -0.15) is 0 Å². The number of rotatable bonds is 3. The zero-order valence-electron chi connectivity index (χ0n) is 11.5. The van der Waals surface area contributed by atoms with Crippen molar-refractivity contribution in [2.75, 3.05) is 19.7 Å². The van der Waals surface area contributed by atoms with Gasteiger partial charge in [0, 0.05) is 18.5 Å². The van der Waals surface area contributed by atoms with Crippen molar-refractivity contribution < 1.29 is 19.4 Å². The summed E-state index contributed by atoms with van der Waals surface area (Å²) in [7, 11) is 0. The summed E-state index contributed by atoms with van der Waals surface area (Å²) in [5.41, 5.74) is 0.236. The van der Waals surface area contributed by atoms with Gasteiger partial charge in [-0.1, -0.05) is 6.92 Å². The van der Waals surface area contributed by atoms with E-state index in [1.54, 1.807) is 17.2 Å². The second kappa shape index (κ2) is 6.32. The minimum Gasteiger partial charge on any atom is -0.461 e. The third-order valence-electron chi connectivity index (χ3n) is 3.38. The molecule has 2 heterocycles. The van der Waals surface area contributed by atoms with Crippen LogP contribution in [0, 0.1) is 5.92 Å². The highest BCUT2D eigenvalue weighted by Gasteiger charge is 2.29. The highest BCUT2D eigenvalue weighted by molar-refractivity contribution is 7.11. The van der Waals surface area contributed by atoms with Crippen LogP contribution in [0.4, 0.5) is 0 Å². The SMILES string of the molecule is CCOC(=O)c1nc(C(=O)N2CCC(C)C(O)C2)cs1. The molecule has 1 N–H and O–H groups in total. The Morgan fingerprint density at radius 3 is 3.00 bits per heavy atom. The van der Waals surface area contributed by atoms with Crippen molar-refractivity contribution in [2.24, 2.45) is 5.92 Å². The minimum atomic E-state index is -0.510. The van der Waals surface area contributed by atoms with E-state index in [4.69, 9.17) is 4.74 Å². The topological polar surface area (TPSA) is 79.7 Å². The number of aliphatic hydroxyl groups excluding tert-OH is 1. The lowest BCUT2D eigenvalue weighted by atomic mass is 9.96. The molecule has 0 spiro atoms. The fourth-order valence-electron chi connectivity index (χ4n) is 2.05. The molecule has 1 amide bonds. The molecule has 0 aliphatic carbocycles. The number of aliphatic hydroxyl groups is 1. The summed E-state index contributed by atoms with van der Waals surface area (Å²) >= 11 is 1.10. The fourth-order valence-corrected chi connectivity index (χ4v) is 2.74. The van der Waals surface area contributed by atoms with Crippen molar-refractivity contribution in [1.29, 1.82) is 0 Å². The summed E-state index contributed by atoms with van der Waals surface area (Å²) in [6, 6.07) is 0. The molecular formula is C13H18N2O4S. The van der Waals surface area contributed by atoms with E-state index in [0.717, 1.165) is 17.8 Å². The molecule has 2 unspecified atom stereocenters. The second-order valence-corrected chi connectivity index (χ2v) is 5.70. The monoisotopic (exact) mass is 298 g/mol. The first-order chi connectivity index (χ1) is 9.52. The van der Waals surface area contributed by atoms with Crippen LogP contribution in [0.1, 0.15) is 40.6 Å². The summed E-state index contributed by atoms with van der Waals surface area (Å²) in [5.74, 6) is -0.559. The van der Waals surface area contributed by atoms with E-state index in [1.165, 1.54) is 0 Å². The Hall–Kier alpha value is -1.47. The standard InChI is InChI=1S/C13H18N2O4S/c1-3-19-13(18)11-14-9(7-20-11)12(17)15-5-4-8(2)10(16)6-15/h7-8,10,16H,3-6H2,1-2H3. The van der Waals surface area contributed by atoms with Gasteiger partial charge in [0.1, 0.15) is 5.69 Å². The van der Waals surface area contributed by atoms with Gasteiger partial charge in [0.25, 0.3) is 5.91 Å². The number of carbonyl (C=O) groups is 2. The van der Waals surface area contributed by atoms with Gasteiger partial charge in [-0.15, -0.1) is 11.3 Å². The van der Waals surface area contributed by atoms with Crippen LogP contribution < -0.4 is 0 Å². The maximum atomic E-state index is 12.3. The molecule has 110 valence electrons. The molecule has 2 rings (SSSR count). The summed E-state index contributed by atoms with van der Waals surface area (Å²) in [5, 5.41) is 11.6. The Balaban J connectivity index is 2.04. The average Bonchev–Trinajstić information content (AvgIpc) is 2.91. The van der Waals surface area contributed by atoms with Gasteiger partial charge >= 0.3 is 5.97 Å². The number of nitrogens with zero attached hydrogens (tertiary/aromatic N) is 2. The normalized spacial score (nSPS) is 22.6. The highest BCUT2D eigenvalue weighted by Crippen LogP contribution is 2.20. The lowest BCUT2D eigenvalue weighted by molar-refractivity contribution is 0.0245. The first-order valence-corrected chi connectivity index (χ1v) is 7.50. The van der Waals surface area contributed by atoms with Crippen molar-refractivity contribution >= 4 is 23.2 Å². The van der Waals surface area contributed by atoms with Crippen LogP contribution in [-0.4, -0.2) is 52.7 Å². The summed E-state index contributed by atoms with van der Waals surface area (Å²) in [6.45, 7) is 4.87. The molecule has 1 aromatic heterocycles. The zero-order chi connectivity index (χ0) is 14.7. The van der Waals surface area contributed by atoms with Crippen LogP contribution in [0.2, 0.25) is 0 Å². The van der Waals surface area contributed by atoms with Crippen LogP contribution in [0.3, 0.4) is 0 Å². The van der Waals surface area contributed by atoms with Gasteiger partial charge < -0.3 is 14.7 Å². The average molecular weight is 298 g/mol. The predicted molar refractivity (Wildman–Crippen MR) is 73.8 cm³/mol. The first-order valence-electron chi connectivity index (χ1n) is 6.63. The molecule has 1 fully saturated rings. The summed E-state index contributed by atoms with van der Waals surface area (Å²) in [4.78, 5) is 29.4. The molecule has 7 heteroatoms. The Kier molecular flexibility index (Phi) is 4.72. The highest BCUT2D eigenvalue weighted by atomic mass is 32.1. The van der Waals surface area contributed by atoms with Gasteiger partial charge in [0.15, 0.2) is 0 Å². The number of β-amino-alcohol motifs (C(OH)–C–C–N with tert-alkyl or cyclic N) is 1. The van der Waals surface area contributed by atoms with Gasteiger partial charge in [-0.3, -0.25) is 4.79 Å². The van der Waals surface area contributed by atoms with Crippen LogP contribution >= 0.6 is 11.3 Å². The number of hydrogen-bond acceptors (Lipinski definition) is 6. The molecule has 0 aromatic carbocycles. The number of thiazole rings is 1. The van der Waals surface area contributed by atoms with Crippen molar-refractivity contribution in [3.63, 3.8) is 0 Å². The van der Waals surface area contributed by atoms with Crippen LogP contribution in [0.5, 0.6) is 0 Å². The smallest absolute Gasteiger partial charge is 0.367 e. The number of ether oxygens (including phenoxy) is 1. The molecule has 6 nitrogen and oxygen atoms in total. The van der Waals surface area contributed by atoms with Crippen molar-refractivity contribution in [3.8, 4) is 0 Å².